The Labute approximate surface area is 247 Å². The second-order valence-corrected chi connectivity index (χ2v) is 12.8. The van der Waals surface area contributed by atoms with E-state index in [4.69, 9.17) is 14.2 Å². The van der Waals surface area contributed by atoms with Crippen LogP contribution in [0.5, 0.6) is 23.0 Å². The maximum atomic E-state index is 13.1. The second-order valence-electron chi connectivity index (χ2n) is 11.5. The summed E-state index contributed by atoms with van der Waals surface area (Å²) in [5, 5.41) is 10.9. The molecule has 9 heteroatoms. The average Bonchev–Trinajstić information content (AvgIpc) is 2.94. The highest BCUT2D eigenvalue weighted by Gasteiger charge is 2.29. The van der Waals surface area contributed by atoms with Crippen LogP contribution >= 0.6 is 11.8 Å². The molecule has 0 atom stereocenters. The van der Waals surface area contributed by atoms with E-state index >= 15 is 0 Å². The van der Waals surface area contributed by atoms with Gasteiger partial charge in [-0.3, -0.25) is 9.59 Å². The third kappa shape index (κ3) is 8.07. The maximum absolute atomic E-state index is 13.1. The zero-order valence-corrected chi connectivity index (χ0v) is 25.5. The second kappa shape index (κ2) is 13.0. The molecule has 0 spiro atoms. The fourth-order valence-corrected chi connectivity index (χ4v) is 5.76. The summed E-state index contributed by atoms with van der Waals surface area (Å²) in [5.41, 5.74) is 0.847. The molecule has 1 fully saturated rings. The number of carbonyl (C=O) groups excluding carboxylic acids is 2. The lowest BCUT2D eigenvalue weighted by molar-refractivity contribution is -0.882. The van der Waals surface area contributed by atoms with Crippen molar-refractivity contribution in [1.82, 2.24) is 4.90 Å². The number of likely N-dealkylation sites (N-methyl/N-ethyl adjacent to an activating group) is 1. The number of hydrogen-bond donors (Lipinski definition) is 1. The summed E-state index contributed by atoms with van der Waals surface area (Å²) < 4.78 is 17.9. The van der Waals surface area contributed by atoms with Crippen molar-refractivity contribution in [1.29, 1.82) is 0 Å². The molecule has 41 heavy (non-hydrogen) atoms. The van der Waals surface area contributed by atoms with Crippen LogP contribution < -0.4 is 14.2 Å². The minimum absolute atomic E-state index is 0.0911. The van der Waals surface area contributed by atoms with E-state index in [0.29, 0.717) is 28.9 Å². The standard InChI is InChI=1S/C32H40N2O6S/c1-32(2)14-13-25-27(40-32)21-28(38-5)30(31(25)37)26(35)12-9-23-7-10-24(11-8-23)39-18-6-17-34(3,4)22-29(36)33-15-19-41-20-16-33/h7-14,21H,6,15-20,22H2,1-5H3/p+1/b12-9+. The van der Waals surface area contributed by atoms with Crippen LogP contribution in [0.15, 0.2) is 42.5 Å². The van der Waals surface area contributed by atoms with Gasteiger partial charge in [0.25, 0.3) is 5.91 Å². The normalized spacial score (nSPS) is 16.3. The lowest BCUT2D eigenvalue weighted by Gasteiger charge is -2.33. The fraction of sp³-hybridized carbons (Fsp3) is 0.438. The number of phenolic OH excluding ortho intramolecular Hbond substituents is 1. The Morgan fingerprint density at radius 3 is 2.56 bits per heavy atom. The minimum Gasteiger partial charge on any atom is -0.506 e. The molecule has 2 aliphatic rings. The number of ketones is 1. The van der Waals surface area contributed by atoms with Crippen LogP contribution in [0.4, 0.5) is 0 Å². The summed E-state index contributed by atoms with van der Waals surface area (Å²) in [6.07, 6.45) is 7.54. The number of quaternary nitrogens is 1. The van der Waals surface area contributed by atoms with Gasteiger partial charge < -0.3 is 28.7 Å². The van der Waals surface area contributed by atoms with Crippen LogP contribution in [0.2, 0.25) is 0 Å². The van der Waals surface area contributed by atoms with E-state index in [1.54, 1.807) is 18.2 Å². The van der Waals surface area contributed by atoms with Gasteiger partial charge in [0, 0.05) is 37.1 Å². The Bertz CT molecular complexity index is 1310. The first-order valence-electron chi connectivity index (χ1n) is 13.9. The molecule has 8 nitrogen and oxygen atoms in total. The molecule has 2 aromatic carbocycles. The number of methoxy groups -OCH3 is 1. The third-order valence-electron chi connectivity index (χ3n) is 7.17. The van der Waals surface area contributed by atoms with E-state index in [9.17, 15) is 14.7 Å². The monoisotopic (exact) mass is 581 g/mol. The maximum Gasteiger partial charge on any atom is 0.277 e. The predicted molar refractivity (Wildman–Crippen MR) is 164 cm³/mol. The zero-order valence-electron chi connectivity index (χ0n) is 24.6. The number of nitrogens with zero attached hydrogens (tertiary/aromatic N) is 2. The molecule has 0 unspecified atom stereocenters. The first-order chi connectivity index (χ1) is 19.5. The van der Waals surface area contributed by atoms with Gasteiger partial charge in [0.1, 0.15) is 34.2 Å². The van der Waals surface area contributed by atoms with Gasteiger partial charge in [-0.2, -0.15) is 11.8 Å². The predicted octanol–water partition coefficient (Wildman–Crippen LogP) is 4.90. The van der Waals surface area contributed by atoms with Gasteiger partial charge in [0.05, 0.1) is 39.9 Å². The number of fused-ring (bicyclic) bond motifs is 1. The molecule has 2 aromatic rings. The number of aromatic hydroxyl groups is 1. The molecule has 1 saturated heterocycles. The number of benzene rings is 2. The van der Waals surface area contributed by atoms with E-state index in [1.165, 1.54) is 13.2 Å². The molecular formula is C32H41N2O6S+. The Morgan fingerprint density at radius 2 is 1.88 bits per heavy atom. The van der Waals surface area contributed by atoms with Gasteiger partial charge in [0.15, 0.2) is 12.3 Å². The van der Waals surface area contributed by atoms with Gasteiger partial charge in [-0.25, -0.2) is 0 Å². The molecule has 0 radical (unpaired) electrons. The number of amides is 1. The molecule has 2 heterocycles. The lowest BCUT2D eigenvalue weighted by Crippen LogP contribution is -2.51. The molecule has 1 amide bonds. The molecule has 0 bridgehead atoms. The Hall–Kier alpha value is -3.43. The molecule has 0 saturated carbocycles. The molecule has 0 aromatic heterocycles. The van der Waals surface area contributed by atoms with E-state index in [-0.39, 0.29) is 28.8 Å². The topological polar surface area (TPSA) is 85.3 Å². The molecular weight excluding hydrogens is 540 g/mol. The largest absolute Gasteiger partial charge is 0.506 e. The van der Waals surface area contributed by atoms with Crippen LogP contribution in [0.1, 0.15) is 41.8 Å². The van der Waals surface area contributed by atoms with Crippen molar-refractivity contribution in [2.75, 3.05) is 65.5 Å². The number of hydrogen-bond acceptors (Lipinski definition) is 7. The number of carbonyl (C=O) groups is 2. The number of thioether (sulfide) groups is 1. The van der Waals surface area contributed by atoms with Gasteiger partial charge >= 0.3 is 0 Å². The summed E-state index contributed by atoms with van der Waals surface area (Å²) in [5.74, 6) is 3.20. The SMILES string of the molecule is COc1cc2c(c(O)c1C(=O)/C=C/c1ccc(OCCC[N+](C)(C)CC(=O)N3CCSCC3)cc1)C=CC(C)(C)O2. The summed E-state index contributed by atoms with van der Waals surface area (Å²) >= 11 is 1.90. The molecule has 220 valence electrons. The van der Waals surface area contributed by atoms with E-state index in [1.807, 2.05) is 60.9 Å². The zero-order chi connectivity index (χ0) is 29.6. The lowest BCUT2D eigenvalue weighted by atomic mass is 9.97. The fourth-order valence-electron chi connectivity index (χ4n) is 4.85. The van der Waals surface area contributed by atoms with E-state index < -0.39 is 5.60 Å². The molecule has 0 aliphatic carbocycles. The first-order valence-corrected chi connectivity index (χ1v) is 15.1. The first kappa shape index (κ1) is 30.5. The van der Waals surface area contributed by atoms with Crippen molar-refractivity contribution < 1.29 is 33.4 Å². The highest BCUT2D eigenvalue weighted by molar-refractivity contribution is 7.99. The number of allylic oxidation sites excluding steroid dienone is 1. The Morgan fingerprint density at radius 1 is 1.17 bits per heavy atom. The molecule has 1 N–H and O–H groups in total. The van der Waals surface area contributed by atoms with Crippen molar-refractivity contribution in [2.45, 2.75) is 25.9 Å². The minimum atomic E-state index is -0.520. The van der Waals surface area contributed by atoms with Gasteiger partial charge in [-0.1, -0.05) is 18.2 Å². The third-order valence-corrected chi connectivity index (χ3v) is 8.11. The van der Waals surface area contributed by atoms with Crippen LogP contribution in [0.25, 0.3) is 12.2 Å². The average molecular weight is 582 g/mol. The summed E-state index contributed by atoms with van der Waals surface area (Å²) in [6.45, 7) is 7.42. The number of phenols is 1. The Balaban J connectivity index is 1.29. The van der Waals surface area contributed by atoms with Crippen LogP contribution in [-0.2, 0) is 4.79 Å². The van der Waals surface area contributed by atoms with Crippen molar-refractivity contribution in [3.05, 3.63) is 59.2 Å². The highest BCUT2D eigenvalue weighted by atomic mass is 32.2. The van der Waals surface area contributed by atoms with Gasteiger partial charge in [0.2, 0.25) is 0 Å². The van der Waals surface area contributed by atoms with Gasteiger partial charge in [-0.05, 0) is 49.8 Å². The van der Waals surface area contributed by atoms with Crippen molar-refractivity contribution in [3.63, 3.8) is 0 Å². The van der Waals surface area contributed by atoms with Crippen LogP contribution in [-0.4, -0.2) is 97.3 Å². The Kier molecular flexibility index (Phi) is 9.71. The number of rotatable bonds is 11. The van der Waals surface area contributed by atoms with Crippen molar-refractivity contribution in [2.24, 2.45) is 0 Å². The number of ether oxygens (including phenoxy) is 3. The van der Waals surface area contributed by atoms with Crippen LogP contribution in [0.3, 0.4) is 0 Å². The van der Waals surface area contributed by atoms with E-state index in [2.05, 4.69) is 14.1 Å². The highest BCUT2D eigenvalue weighted by Crippen LogP contribution is 2.43. The quantitative estimate of drug-likeness (QED) is 0.175. The smallest absolute Gasteiger partial charge is 0.277 e. The summed E-state index contributed by atoms with van der Waals surface area (Å²) in [7, 11) is 5.63. The molecule has 2 aliphatic heterocycles. The summed E-state index contributed by atoms with van der Waals surface area (Å²) in [6, 6.07) is 9.11. The summed E-state index contributed by atoms with van der Waals surface area (Å²) in [4.78, 5) is 27.7. The van der Waals surface area contributed by atoms with Crippen molar-refractivity contribution in [3.8, 4) is 23.0 Å². The van der Waals surface area contributed by atoms with E-state index in [0.717, 1.165) is 48.9 Å². The van der Waals surface area contributed by atoms with Gasteiger partial charge in [-0.15, -0.1) is 0 Å². The molecule has 4 rings (SSSR count). The van der Waals surface area contributed by atoms with Crippen LogP contribution in [0, 0.1) is 0 Å². The van der Waals surface area contributed by atoms with Crippen molar-refractivity contribution >= 4 is 35.6 Å².